The first-order valence-corrected chi connectivity index (χ1v) is 3.96. The zero-order valence-corrected chi connectivity index (χ0v) is 9.74. The number of hydrogen-bond acceptors (Lipinski definition) is 1. The average molecular weight is 283 g/mol. The minimum absolute atomic E-state index is 0. The van der Waals surface area contributed by atoms with Crippen molar-refractivity contribution < 1.29 is 39.3 Å². The van der Waals surface area contributed by atoms with E-state index in [2.05, 4.69) is 4.74 Å². The summed E-state index contributed by atoms with van der Waals surface area (Å²) in [5, 5.41) is 0. The van der Waals surface area contributed by atoms with E-state index in [-0.39, 0.29) is 17.0 Å². The van der Waals surface area contributed by atoms with Gasteiger partial charge in [-0.15, -0.1) is 0 Å². The van der Waals surface area contributed by atoms with Crippen molar-refractivity contribution in [3.8, 4) is 5.75 Å². The number of halogens is 5. The maximum atomic E-state index is 12.8. The molecule has 0 radical (unpaired) electrons. The third-order valence-electron chi connectivity index (χ3n) is 1.22. The maximum Gasteiger partial charge on any atom is -1.00 e. The van der Waals surface area contributed by atoms with E-state index in [0.29, 0.717) is 3.69 Å². The van der Waals surface area contributed by atoms with Gasteiger partial charge in [-0.2, -0.15) is 0 Å². The monoisotopic (exact) mass is 282 g/mol. The molecule has 0 atom stereocenters. The Balaban J connectivity index is 0.00000169. The first kappa shape index (κ1) is 14.0. The van der Waals surface area contributed by atoms with Crippen molar-refractivity contribution in [2.75, 3.05) is 0 Å². The first-order valence-electron chi connectivity index (χ1n) is 3.26. The molecule has 1 aromatic rings. The van der Waals surface area contributed by atoms with Gasteiger partial charge in [0.15, 0.2) is 0 Å². The summed E-state index contributed by atoms with van der Waals surface area (Å²) in [6, 6.07) is 3.28. The number of alkyl halides is 3. The zero-order valence-electron chi connectivity index (χ0n) is 6.74. The largest absolute Gasteiger partial charge is 1.00 e. The maximum absolute atomic E-state index is 12.8. The molecule has 1 aromatic carbocycles. The molecule has 0 saturated carbocycles. The first-order chi connectivity index (χ1) is 5.88. The van der Waals surface area contributed by atoms with Crippen LogP contribution in [-0.2, 0) is 0 Å². The van der Waals surface area contributed by atoms with E-state index < -0.39 is 17.9 Å². The van der Waals surface area contributed by atoms with Crippen LogP contribution in [-0.4, -0.2) is 28.1 Å². The van der Waals surface area contributed by atoms with Crippen LogP contribution >= 0.6 is 0 Å². The van der Waals surface area contributed by atoms with E-state index in [9.17, 15) is 17.6 Å². The Hall–Kier alpha value is -0.0138. The zero-order chi connectivity index (χ0) is 10.1. The van der Waals surface area contributed by atoms with Gasteiger partial charge < -0.3 is 17.0 Å². The van der Waals surface area contributed by atoms with Gasteiger partial charge in [0, 0.05) is 0 Å². The van der Waals surface area contributed by atoms with E-state index in [4.69, 9.17) is 0 Å². The van der Waals surface area contributed by atoms with Gasteiger partial charge >= 0.3 is 83.8 Å². The molecular formula is C7H3BrF4MgO. The molecule has 14 heavy (non-hydrogen) atoms. The molecular weight excluding hydrogens is 280 g/mol. The molecule has 0 saturated heterocycles. The fourth-order valence-corrected chi connectivity index (χ4v) is 1.05. The molecule has 0 amide bonds. The Kier molecular flexibility index (Phi) is 5.17. The third kappa shape index (κ3) is 4.47. The van der Waals surface area contributed by atoms with Crippen LogP contribution in [0.4, 0.5) is 17.6 Å². The summed E-state index contributed by atoms with van der Waals surface area (Å²) in [7, 11) is 0. The van der Waals surface area contributed by atoms with Crippen molar-refractivity contribution in [2.45, 2.75) is 6.36 Å². The summed E-state index contributed by atoms with van der Waals surface area (Å²) in [5.74, 6) is -1.81. The smallest absolute Gasteiger partial charge is 1.00 e. The topological polar surface area (TPSA) is 9.23 Å². The fraction of sp³-hybridized carbons (Fsp3) is 0.143. The summed E-state index contributed by atoms with van der Waals surface area (Å²) in [4.78, 5) is 0. The average Bonchev–Trinajstić information content (AvgIpc) is 1.93. The standard InChI is InChI=1S/C7H3F4O.BrH.Mg/c8-5-3-1-2-4-6(5)12-7(9,10)11;;/h2-4H;1H;/q;;+1/p-1. The van der Waals surface area contributed by atoms with Gasteiger partial charge in [-0.1, -0.05) is 0 Å². The third-order valence-corrected chi connectivity index (χ3v) is 1.66. The van der Waals surface area contributed by atoms with Crippen molar-refractivity contribution in [3.63, 3.8) is 0 Å². The minimum atomic E-state index is -4.85. The van der Waals surface area contributed by atoms with Crippen LogP contribution in [0.5, 0.6) is 5.75 Å². The normalized spacial score (nSPS) is 10.7. The minimum Gasteiger partial charge on any atom is -1.00 e. The van der Waals surface area contributed by atoms with Crippen molar-refractivity contribution in [1.82, 2.24) is 0 Å². The number of benzene rings is 1. The molecule has 0 aromatic heterocycles. The van der Waals surface area contributed by atoms with E-state index in [1.54, 1.807) is 0 Å². The van der Waals surface area contributed by atoms with Gasteiger partial charge in [0.05, 0.1) is 0 Å². The molecule has 0 aliphatic carbocycles. The van der Waals surface area contributed by atoms with E-state index in [1.807, 2.05) is 0 Å². The quantitative estimate of drug-likeness (QED) is 0.451. The van der Waals surface area contributed by atoms with E-state index >= 15 is 0 Å². The van der Waals surface area contributed by atoms with Crippen LogP contribution in [0.2, 0.25) is 0 Å². The number of hydrogen-bond donors (Lipinski definition) is 0. The van der Waals surface area contributed by atoms with Gasteiger partial charge in [-0.05, 0) is 0 Å². The van der Waals surface area contributed by atoms with E-state index in [0.717, 1.165) is 12.1 Å². The van der Waals surface area contributed by atoms with Crippen LogP contribution in [0.25, 0.3) is 0 Å². The van der Waals surface area contributed by atoms with Crippen LogP contribution in [0.1, 0.15) is 0 Å². The number of rotatable bonds is 1. The van der Waals surface area contributed by atoms with E-state index in [1.165, 1.54) is 27.8 Å². The molecule has 1 nitrogen and oxygen atoms in total. The fourth-order valence-electron chi connectivity index (χ4n) is 0.752. The Morgan fingerprint density at radius 1 is 1.21 bits per heavy atom. The van der Waals surface area contributed by atoms with Gasteiger partial charge in [0.2, 0.25) is 0 Å². The Bertz CT molecular complexity index is 315. The van der Waals surface area contributed by atoms with Crippen molar-refractivity contribution in [3.05, 3.63) is 24.0 Å². The van der Waals surface area contributed by atoms with Gasteiger partial charge in [0.25, 0.3) is 0 Å². The molecule has 74 valence electrons. The van der Waals surface area contributed by atoms with Crippen LogP contribution in [0.15, 0.2) is 18.2 Å². The Morgan fingerprint density at radius 3 is 2.21 bits per heavy atom. The molecule has 0 N–H and O–H groups in total. The Labute approximate surface area is 101 Å². The molecule has 7 heteroatoms. The second-order valence-electron chi connectivity index (χ2n) is 2.31. The molecule has 0 spiro atoms. The molecule has 0 heterocycles. The second-order valence-corrected chi connectivity index (χ2v) is 3.13. The SMILES string of the molecule is Fc1c[c]([Mg+])ccc1OC(F)(F)F.[Br-]. The van der Waals surface area contributed by atoms with Crippen molar-refractivity contribution in [2.24, 2.45) is 0 Å². The van der Waals surface area contributed by atoms with Gasteiger partial charge in [-0.3, -0.25) is 0 Å². The summed E-state index contributed by atoms with van der Waals surface area (Å²) in [6.07, 6.45) is -4.85. The van der Waals surface area contributed by atoms with Crippen LogP contribution in [0, 0.1) is 5.82 Å². The summed E-state index contributed by atoms with van der Waals surface area (Å²) in [6.45, 7) is 0. The van der Waals surface area contributed by atoms with Gasteiger partial charge in [0.1, 0.15) is 0 Å². The van der Waals surface area contributed by atoms with Crippen LogP contribution in [0.3, 0.4) is 0 Å². The molecule has 0 aliphatic rings. The molecule has 0 unspecified atom stereocenters. The van der Waals surface area contributed by atoms with Gasteiger partial charge in [-0.25, -0.2) is 0 Å². The molecule has 0 fully saturated rings. The predicted molar refractivity (Wildman–Crippen MR) is 38.5 cm³/mol. The molecule has 0 bridgehead atoms. The molecule has 0 aliphatic heterocycles. The summed E-state index contributed by atoms with van der Waals surface area (Å²) in [5.41, 5.74) is 0. The summed E-state index contributed by atoms with van der Waals surface area (Å²) < 4.78 is 51.6. The van der Waals surface area contributed by atoms with Crippen LogP contribution < -0.4 is 25.4 Å². The number of ether oxygens (including phenoxy) is 1. The van der Waals surface area contributed by atoms with Crippen molar-refractivity contribution in [1.29, 1.82) is 0 Å². The predicted octanol–water partition coefficient (Wildman–Crippen LogP) is -1.48. The van der Waals surface area contributed by atoms with Crippen molar-refractivity contribution >= 4 is 25.4 Å². The Morgan fingerprint density at radius 2 is 1.79 bits per heavy atom. The summed E-state index contributed by atoms with van der Waals surface area (Å²) >= 11 is 1.37. The molecule has 1 rings (SSSR count). The second kappa shape index (κ2) is 5.18.